The maximum atomic E-state index is 12.8. The van der Waals surface area contributed by atoms with Crippen molar-refractivity contribution in [2.24, 2.45) is 0 Å². The number of rotatable bonds is 3. The van der Waals surface area contributed by atoms with Crippen LogP contribution in [-0.4, -0.2) is 47.8 Å². The van der Waals surface area contributed by atoms with Crippen LogP contribution in [0.2, 0.25) is 0 Å². The lowest BCUT2D eigenvalue weighted by atomic mass is 9.78. The number of benzene rings is 1. The van der Waals surface area contributed by atoms with Crippen molar-refractivity contribution in [3.63, 3.8) is 0 Å². The van der Waals surface area contributed by atoms with Crippen LogP contribution in [0.15, 0.2) is 17.0 Å². The summed E-state index contributed by atoms with van der Waals surface area (Å²) in [6, 6.07) is 3.90. The van der Waals surface area contributed by atoms with E-state index < -0.39 is 5.97 Å². The number of aromatic hydroxyl groups is 1. The molecule has 28 heavy (non-hydrogen) atoms. The lowest BCUT2D eigenvalue weighted by Gasteiger charge is -2.29. The average Bonchev–Trinajstić information content (AvgIpc) is 2.57. The van der Waals surface area contributed by atoms with Crippen LogP contribution in [0.1, 0.15) is 58.2 Å². The van der Waals surface area contributed by atoms with E-state index in [1.807, 2.05) is 18.2 Å². The van der Waals surface area contributed by atoms with E-state index in [-0.39, 0.29) is 23.3 Å². The third-order valence-electron chi connectivity index (χ3n) is 4.71. The molecule has 0 atom stereocenters. The molecular weight excluding hydrogens is 374 g/mol. The second-order valence-corrected chi connectivity index (χ2v) is 10.3. The molecule has 1 aromatic rings. The largest absolute Gasteiger partial charge is 0.507 e. The topological polar surface area (TPSA) is 66.8 Å². The van der Waals surface area contributed by atoms with Gasteiger partial charge in [-0.25, -0.2) is 0 Å². The first-order chi connectivity index (χ1) is 12.8. The third-order valence-corrected chi connectivity index (χ3v) is 5.70. The van der Waals surface area contributed by atoms with Gasteiger partial charge in [0.2, 0.25) is 0 Å². The number of ether oxygens (including phenoxy) is 1. The highest BCUT2D eigenvalue weighted by atomic mass is 32.2. The van der Waals surface area contributed by atoms with Crippen molar-refractivity contribution in [1.82, 2.24) is 4.90 Å². The van der Waals surface area contributed by atoms with E-state index in [2.05, 4.69) is 46.3 Å². The van der Waals surface area contributed by atoms with E-state index in [0.29, 0.717) is 17.2 Å². The second kappa shape index (κ2) is 8.19. The maximum Gasteiger partial charge on any atom is 0.325 e. The van der Waals surface area contributed by atoms with Crippen molar-refractivity contribution in [2.75, 3.05) is 26.0 Å². The van der Waals surface area contributed by atoms with Crippen LogP contribution in [0, 0.1) is 0 Å². The fourth-order valence-corrected chi connectivity index (χ4v) is 4.10. The molecule has 0 bridgehead atoms. The summed E-state index contributed by atoms with van der Waals surface area (Å²) in [5.74, 6) is 0.459. The molecular formula is C22H31NO4S. The molecule has 0 spiro atoms. The molecule has 1 heterocycles. The molecule has 1 amide bonds. The maximum absolute atomic E-state index is 12.8. The average molecular weight is 406 g/mol. The first-order valence-corrected chi connectivity index (χ1v) is 10.4. The Bertz CT molecular complexity index is 765. The van der Waals surface area contributed by atoms with Crippen molar-refractivity contribution >= 4 is 29.7 Å². The van der Waals surface area contributed by atoms with Gasteiger partial charge in [0.15, 0.2) is 0 Å². The minimum absolute atomic E-state index is 0.0384. The zero-order chi connectivity index (χ0) is 21.3. The van der Waals surface area contributed by atoms with Gasteiger partial charge in [0.25, 0.3) is 5.91 Å². The Kier molecular flexibility index (Phi) is 6.54. The number of methoxy groups -OCH3 is 1. The summed E-state index contributed by atoms with van der Waals surface area (Å²) in [6.07, 6.45) is 1.86. The summed E-state index contributed by atoms with van der Waals surface area (Å²) in [5.41, 5.74) is 2.11. The number of phenolic OH excluding ortho intramolecular Hbond substituents is 1. The highest BCUT2D eigenvalue weighted by Crippen LogP contribution is 2.40. The van der Waals surface area contributed by atoms with Gasteiger partial charge in [-0.05, 0) is 34.6 Å². The van der Waals surface area contributed by atoms with Crippen LogP contribution in [0.3, 0.4) is 0 Å². The molecule has 0 unspecified atom stereocenters. The molecule has 1 aromatic carbocycles. The van der Waals surface area contributed by atoms with Gasteiger partial charge in [0, 0.05) is 23.4 Å². The zero-order valence-electron chi connectivity index (χ0n) is 17.9. The predicted molar refractivity (Wildman–Crippen MR) is 115 cm³/mol. The standard InChI is InChI=1S/C22H31NO4S/c1-21(2,3)15-10-14(11-16(19(15)25)22(4,5)6)12-17-20(26)23(8-9-28-17)13-18(24)27-7/h10-12,25H,8-9,13H2,1-7H3/b17-12+. The van der Waals surface area contributed by atoms with Crippen LogP contribution >= 0.6 is 11.8 Å². The van der Waals surface area contributed by atoms with Gasteiger partial charge in [-0.15, -0.1) is 11.8 Å². The highest BCUT2D eigenvalue weighted by molar-refractivity contribution is 8.04. The van der Waals surface area contributed by atoms with E-state index >= 15 is 0 Å². The Labute approximate surface area is 172 Å². The molecule has 0 saturated carbocycles. The highest BCUT2D eigenvalue weighted by Gasteiger charge is 2.28. The number of hydrogen-bond donors (Lipinski definition) is 1. The van der Waals surface area contributed by atoms with Gasteiger partial charge < -0.3 is 14.7 Å². The molecule has 1 aliphatic rings. The molecule has 0 aliphatic carbocycles. The van der Waals surface area contributed by atoms with Gasteiger partial charge in [0.05, 0.1) is 12.0 Å². The Morgan fingerprint density at radius 3 is 2.18 bits per heavy atom. The molecule has 1 saturated heterocycles. The first-order valence-electron chi connectivity index (χ1n) is 9.43. The van der Waals surface area contributed by atoms with Crippen molar-refractivity contribution in [3.05, 3.63) is 33.7 Å². The molecule has 2 rings (SSSR count). The number of thioether (sulfide) groups is 1. The van der Waals surface area contributed by atoms with Crippen molar-refractivity contribution in [3.8, 4) is 5.75 Å². The van der Waals surface area contributed by atoms with Crippen LogP contribution in [0.4, 0.5) is 0 Å². The van der Waals surface area contributed by atoms with E-state index in [1.54, 1.807) is 0 Å². The van der Waals surface area contributed by atoms with Crippen molar-refractivity contribution in [1.29, 1.82) is 0 Å². The lowest BCUT2D eigenvalue weighted by molar-refractivity contribution is -0.145. The van der Waals surface area contributed by atoms with E-state index in [0.717, 1.165) is 22.4 Å². The number of nitrogens with zero attached hydrogens (tertiary/aromatic N) is 1. The smallest absolute Gasteiger partial charge is 0.325 e. The van der Waals surface area contributed by atoms with E-state index in [9.17, 15) is 14.7 Å². The van der Waals surface area contributed by atoms with Gasteiger partial charge >= 0.3 is 5.97 Å². The minimum atomic E-state index is -0.422. The van der Waals surface area contributed by atoms with Crippen molar-refractivity contribution < 1.29 is 19.4 Å². The quantitative estimate of drug-likeness (QED) is 0.606. The van der Waals surface area contributed by atoms with Crippen LogP contribution in [0.25, 0.3) is 6.08 Å². The molecule has 154 valence electrons. The Morgan fingerprint density at radius 2 is 1.71 bits per heavy atom. The number of carbonyl (C=O) groups is 2. The van der Waals surface area contributed by atoms with E-state index in [1.165, 1.54) is 23.8 Å². The zero-order valence-corrected chi connectivity index (χ0v) is 18.7. The Balaban J connectivity index is 2.49. The Morgan fingerprint density at radius 1 is 1.18 bits per heavy atom. The van der Waals surface area contributed by atoms with Gasteiger partial charge in [-0.1, -0.05) is 41.5 Å². The molecule has 1 aliphatic heterocycles. The fourth-order valence-electron chi connectivity index (χ4n) is 3.09. The number of phenols is 1. The molecule has 0 radical (unpaired) electrons. The van der Waals surface area contributed by atoms with Crippen LogP contribution < -0.4 is 0 Å². The fraction of sp³-hybridized carbons (Fsp3) is 0.545. The van der Waals surface area contributed by atoms with E-state index in [4.69, 9.17) is 0 Å². The first kappa shape index (κ1) is 22.3. The minimum Gasteiger partial charge on any atom is -0.507 e. The van der Waals surface area contributed by atoms with Gasteiger partial charge in [0.1, 0.15) is 12.3 Å². The number of amides is 1. The normalized spacial score (nSPS) is 17.2. The monoisotopic (exact) mass is 405 g/mol. The molecule has 1 N–H and O–H groups in total. The Hall–Kier alpha value is -1.95. The number of esters is 1. The second-order valence-electron chi connectivity index (χ2n) is 9.12. The number of carbonyl (C=O) groups excluding carboxylic acids is 2. The molecule has 6 heteroatoms. The molecule has 5 nitrogen and oxygen atoms in total. The lowest BCUT2D eigenvalue weighted by Crippen LogP contribution is -2.40. The van der Waals surface area contributed by atoms with Gasteiger partial charge in [-0.2, -0.15) is 0 Å². The van der Waals surface area contributed by atoms with Gasteiger partial charge in [-0.3, -0.25) is 9.59 Å². The summed E-state index contributed by atoms with van der Waals surface area (Å²) < 4.78 is 4.69. The van der Waals surface area contributed by atoms with Crippen LogP contribution in [-0.2, 0) is 25.2 Å². The number of hydrogen-bond acceptors (Lipinski definition) is 5. The summed E-state index contributed by atoms with van der Waals surface area (Å²) >= 11 is 1.49. The molecule has 1 fully saturated rings. The third kappa shape index (κ3) is 5.10. The molecule has 0 aromatic heterocycles. The summed E-state index contributed by atoms with van der Waals surface area (Å²) in [4.78, 5) is 26.5. The van der Waals surface area contributed by atoms with Crippen LogP contribution in [0.5, 0.6) is 5.75 Å². The summed E-state index contributed by atoms with van der Waals surface area (Å²) in [7, 11) is 1.32. The SMILES string of the molecule is COC(=O)CN1CCS/C(=C/c2cc(C(C)(C)C)c(O)c(C(C)(C)C)c2)C1=O. The predicted octanol–water partition coefficient (Wildman–Crippen LogP) is 4.08. The summed E-state index contributed by atoms with van der Waals surface area (Å²) in [6.45, 7) is 12.8. The van der Waals surface area contributed by atoms with Crippen molar-refractivity contribution in [2.45, 2.75) is 52.4 Å². The summed E-state index contributed by atoms with van der Waals surface area (Å²) in [5, 5.41) is 10.9.